The molecule has 236 valence electrons. The highest BCUT2D eigenvalue weighted by molar-refractivity contribution is 5.48. The number of nitrogens with zero attached hydrogens (tertiary/aromatic N) is 2. The van der Waals surface area contributed by atoms with Crippen molar-refractivity contribution in [3.63, 3.8) is 0 Å². The SMILES string of the molecule is CC(c1cc(C(F)(F)F)cc(C(F)(F)F)c1)N(C)C=O.CO.Cc1cc(F)ccc1C1CC2(CCC(C)N2)CCN1C. The van der Waals surface area contributed by atoms with Gasteiger partial charge in [0.25, 0.3) is 0 Å². The maximum absolute atomic E-state index is 13.3. The molecule has 0 aliphatic carbocycles. The Hall–Kier alpha value is -2.70. The fourth-order valence-electron chi connectivity index (χ4n) is 5.60. The molecule has 2 N–H and O–H groups in total. The van der Waals surface area contributed by atoms with E-state index in [-0.39, 0.29) is 17.4 Å². The van der Waals surface area contributed by atoms with Crippen molar-refractivity contribution in [1.82, 2.24) is 15.1 Å². The number of piperidine rings is 1. The van der Waals surface area contributed by atoms with Crippen molar-refractivity contribution >= 4 is 6.41 Å². The number of hydrogen-bond donors (Lipinski definition) is 2. The number of halogens is 7. The maximum Gasteiger partial charge on any atom is 0.416 e. The van der Waals surface area contributed by atoms with Gasteiger partial charge in [0, 0.05) is 38.3 Å². The lowest BCUT2D eigenvalue weighted by atomic mass is 9.79. The monoisotopic (exact) mass is 607 g/mol. The summed E-state index contributed by atoms with van der Waals surface area (Å²) in [5.41, 5.74) is -0.361. The Kier molecular flexibility index (Phi) is 12.0. The smallest absolute Gasteiger partial charge is 0.400 e. The number of carbonyl (C=O) groups is 1. The van der Waals surface area contributed by atoms with Crippen molar-refractivity contribution in [3.05, 3.63) is 70.0 Å². The lowest BCUT2D eigenvalue weighted by molar-refractivity contribution is -0.143. The molecule has 2 heterocycles. The Labute approximate surface area is 242 Å². The summed E-state index contributed by atoms with van der Waals surface area (Å²) in [5, 5.41) is 10.8. The van der Waals surface area contributed by atoms with Crippen LogP contribution in [0, 0.1) is 12.7 Å². The molecule has 2 aromatic rings. The van der Waals surface area contributed by atoms with Gasteiger partial charge in [-0.2, -0.15) is 26.3 Å². The molecule has 2 aliphatic heterocycles. The molecule has 0 saturated carbocycles. The molecule has 1 amide bonds. The summed E-state index contributed by atoms with van der Waals surface area (Å²) < 4.78 is 89.1. The Morgan fingerprint density at radius 3 is 2.07 bits per heavy atom. The van der Waals surface area contributed by atoms with Crippen LogP contribution in [0.2, 0.25) is 0 Å². The molecule has 0 radical (unpaired) electrons. The van der Waals surface area contributed by atoms with Crippen LogP contribution in [0.5, 0.6) is 0 Å². The number of rotatable bonds is 4. The number of alkyl halides is 6. The van der Waals surface area contributed by atoms with Crippen LogP contribution in [-0.2, 0) is 17.1 Å². The summed E-state index contributed by atoms with van der Waals surface area (Å²) in [7, 11) is 4.46. The molecule has 1 spiro atoms. The molecule has 0 bridgehead atoms. The number of aliphatic hydroxyl groups excluding tert-OH is 1. The van der Waals surface area contributed by atoms with Gasteiger partial charge in [0.15, 0.2) is 0 Å². The molecule has 4 atom stereocenters. The van der Waals surface area contributed by atoms with Gasteiger partial charge in [0.2, 0.25) is 6.41 Å². The van der Waals surface area contributed by atoms with E-state index in [4.69, 9.17) is 5.11 Å². The average Bonchev–Trinajstić information content (AvgIpc) is 3.29. The topological polar surface area (TPSA) is 55.8 Å². The highest BCUT2D eigenvalue weighted by Crippen LogP contribution is 2.42. The van der Waals surface area contributed by atoms with Crippen molar-refractivity contribution in [2.75, 3.05) is 27.7 Å². The second-order valence-corrected chi connectivity index (χ2v) is 11.1. The molecule has 5 nitrogen and oxygen atoms in total. The van der Waals surface area contributed by atoms with Crippen LogP contribution in [0.3, 0.4) is 0 Å². The molecule has 4 unspecified atom stereocenters. The van der Waals surface area contributed by atoms with E-state index in [2.05, 4.69) is 24.2 Å². The summed E-state index contributed by atoms with van der Waals surface area (Å²) in [5.74, 6) is -0.132. The van der Waals surface area contributed by atoms with E-state index in [1.54, 1.807) is 12.1 Å². The first-order chi connectivity index (χ1) is 19.5. The molecular weight excluding hydrogens is 567 g/mol. The molecule has 4 rings (SSSR count). The van der Waals surface area contributed by atoms with Gasteiger partial charge in [-0.3, -0.25) is 9.69 Å². The maximum atomic E-state index is 13.3. The third-order valence-corrected chi connectivity index (χ3v) is 8.13. The highest BCUT2D eigenvalue weighted by Gasteiger charge is 2.43. The van der Waals surface area contributed by atoms with Crippen LogP contribution in [0.25, 0.3) is 0 Å². The highest BCUT2D eigenvalue weighted by atomic mass is 19.4. The van der Waals surface area contributed by atoms with Gasteiger partial charge in [-0.05, 0) is 101 Å². The Morgan fingerprint density at radius 2 is 1.62 bits per heavy atom. The van der Waals surface area contributed by atoms with Crippen molar-refractivity contribution in [1.29, 1.82) is 0 Å². The van der Waals surface area contributed by atoms with E-state index < -0.39 is 29.5 Å². The number of amides is 1. The number of aryl methyl sites for hydroxylation is 1. The summed E-state index contributed by atoms with van der Waals surface area (Å²) in [6, 6.07) is 6.64. The van der Waals surface area contributed by atoms with Gasteiger partial charge < -0.3 is 15.3 Å². The lowest BCUT2D eigenvalue weighted by Crippen LogP contribution is -2.51. The van der Waals surface area contributed by atoms with Gasteiger partial charge >= 0.3 is 12.4 Å². The number of hydrogen-bond acceptors (Lipinski definition) is 4. The van der Waals surface area contributed by atoms with E-state index in [1.165, 1.54) is 38.8 Å². The Bertz CT molecular complexity index is 1160. The first-order valence-electron chi connectivity index (χ1n) is 13.6. The molecule has 0 aromatic heterocycles. The van der Waals surface area contributed by atoms with E-state index in [0.717, 1.165) is 30.5 Å². The second-order valence-electron chi connectivity index (χ2n) is 11.1. The van der Waals surface area contributed by atoms with E-state index in [9.17, 15) is 35.5 Å². The Morgan fingerprint density at radius 1 is 1.05 bits per heavy atom. The number of aliphatic hydroxyl groups is 1. The van der Waals surface area contributed by atoms with Crippen LogP contribution >= 0.6 is 0 Å². The molecule has 42 heavy (non-hydrogen) atoms. The largest absolute Gasteiger partial charge is 0.416 e. The van der Waals surface area contributed by atoms with Crippen molar-refractivity contribution in [2.45, 2.75) is 82.5 Å². The predicted molar refractivity (Wildman–Crippen MR) is 147 cm³/mol. The number of likely N-dealkylation sites (tertiary alicyclic amines) is 1. The first-order valence-corrected chi connectivity index (χ1v) is 13.6. The molecule has 2 fully saturated rings. The minimum Gasteiger partial charge on any atom is -0.400 e. The summed E-state index contributed by atoms with van der Waals surface area (Å²) >= 11 is 0. The standard InChI is InChI=1S/C17H25FN2.C12H11F6NO.CH4O/c1-12-10-14(18)4-5-15(12)16-11-17(8-9-20(16)3)7-6-13(2)19-17;1-7(19(2)6-20)8-3-9(11(13,14)15)5-10(4-8)12(16,17)18;1-2/h4-5,10,13,16,19H,6-9,11H2,1-3H3;3-7H,1-2H3;2H,1H3. The zero-order chi connectivity index (χ0) is 32.0. The molecule has 2 aromatic carbocycles. The van der Waals surface area contributed by atoms with E-state index in [0.29, 0.717) is 36.2 Å². The molecule has 2 saturated heterocycles. The van der Waals surface area contributed by atoms with Crippen LogP contribution in [0.4, 0.5) is 30.7 Å². The Balaban J connectivity index is 0.000000277. The number of carbonyl (C=O) groups excluding carboxylic acids is 1. The first kappa shape index (κ1) is 35.5. The minimum atomic E-state index is -4.89. The number of benzene rings is 2. The third kappa shape index (κ3) is 8.90. The van der Waals surface area contributed by atoms with Crippen molar-refractivity contribution < 1.29 is 40.6 Å². The number of nitrogens with one attached hydrogen (secondary N) is 1. The summed E-state index contributed by atoms with van der Waals surface area (Å²) in [4.78, 5) is 14.0. The molecular formula is C30H40F7N3O2. The van der Waals surface area contributed by atoms with Gasteiger partial charge in [0.05, 0.1) is 17.2 Å². The minimum absolute atomic E-state index is 0.0527. The van der Waals surface area contributed by atoms with Crippen LogP contribution < -0.4 is 5.32 Å². The quantitative estimate of drug-likeness (QED) is 0.294. The van der Waals surface area contributed by atoms with Crippen LogP contribution in [0.15, 0.2) is 36.4 Å². The fourth-order valence-corrected chi connectivity index (χ4v) is 5.60. The van der Waals surface area contributed by atoms with Crippen LogP contribution in [-0.4, -0.2) is 60.6 Å². The molecule has 12 heteroatoms. The zero-order valence-electron chi connectivity index (χ0n) is 24.7. The summed E-state index contributed by atoms with van der Waals surface area (Å²) in [6.07, 6.45) is -4.54. The van der Waals surface area contributed by atoms with Gasteiger partial charge in [-0.1, -0.05) is 6.07 Å². The second kappa shape index (κ2) is 14.2. The fraction of sp³-hybridized carbons (Fsp3) is 0.567. The van der Waals surface area contributed by atoms with Gasteiger partial charge in [-0.25, -0.2) is 4.39 Å². The molecule has 2 aliphatic rings. The normalized spacial score (nSPS) is 23.4. The predicted octanol–water partition coefficient (Wildman–Crippen LogP) is 6.89. The average molecular weight is 608 g/mol. The van der Waals surface area contributed by atoms with E-state index >= 15 is 0 Å². The van der Waals surface area contributed by atoms with Gasteiger partial charge in [-0.15, -0.1) is 0 Å². The summed E-state index contributed by atoms with van der Waals surface area (Å²) in [6.45, 7) is 6.76. The van der Waals surface area contributed by atoms with Crippen molar-refractivity contribution in [2.24, 2.45) is 0 Å². The lowest BCUT2D eigenvalue weighted by Gasteiger charge is -2.44. The van der Waals surface area contributed by atoms with Crippen molar-refractivity contribution in [3.8, 4) is 0 Å². The zero-order valence-corrected chi connectivity index (χ0v) is 24.7. The van der Waals surface area contributed by atoms with E-state index in [1.807, 2.05) is 13.0 Å². The van der Waals surface area contributed by atoms with Gasteiger partial charge in [0.1, 0.15) is 5.82 Å². The van der Waals surface area contributed by atoms with Crippen LogP contribution in [0.1, 0.15) is 79.4 Å². The third-order valence-electron chi connectivity index (χ3n) is 8.13.